The van der Waals surface area contributed by atoms with Crippen LogP contribution in [0.5, 0.6) is 0 Å². The number of hydrogen-bond acceptors (Lipinski definition) is 5. The summed E-state index contributed by atoms with van der Waals surface area (Å²) in [5.74, 6) is -3.13. The molecule has 0 aliphatic carbocycles. The molecule has 104 valence electrons. The summed E-state index contributed by atoms with van der Waals surface area (Å²) < 4.78 is 30.0. The standard InChI is InChI=1S/C10H10BrNO6S/c1-18-9(13)5-19(16,17)12-8-3-2-6(11)4-7(8)10(14)15/h2-4,12H,5H2,1H3,(H,14,15). The first-order valence-corrected chi connectivity index (χ1v) is 7.30. The Balaban J connectivity index is 3.06. The normalized spacial score (nSPS) is 10.8. The fraction of sp³-hybridized carbons (Fsp3) is 0.200. The maximum absolute atomic E-state index is 11.6. The van der Waals surface area contributed by atoms with Gasteiger partial charge in [0, 0.05) is 4.47 Å². The fourth-order valence-corrected chi connectivity index (χ4v) is 2.57. The number of carboxylic acid groups (broad SMARTS) is 1. The summed E-state index contributed by atoms with van der Waals surface area (Å²) in [7, 11) is -2.96. The van der Waals surface area contributed by atoms with Crippen molar-refractivity contribution in [2.45, 2.75) is 0 Å². The lowest BCUT2D eigenvalue weighted by Gasteiger charge is -2.10. The summed E-state index contributed by atoms with van der Waals surface area (Å²) in [6, 6.07) is 4.00. The van der Waals surface area contributed by atoms with Crippen LogP contribution in [-0.4, -0.2) is 38.3 Å². The van der Waals surface area contributed by atoms with Crippen LogP contribution in [0, 0.1) is 0 Å². The highest BCUT2D eigenvalue weighted by atomic mass is 79.9. The first-order valence-electron chi connectivity index (χ1n) is 4.85. The van der Waals surface area contributed by atoms with E-state index in [0.717, 1.165) is 7.11 Å². The second kappa shape index (κ2) is 6.02. The Hall–Kier alpha value is -1.61. The zero-order chi connectivity index (χ0) is 14.6. The minimum absolute atomic E-state index is 0.125. The Bertz CT molecular complexity index is 612. The van der Waals surface area contributed by atoms with Gasteiger partial charge in [-0.1, -0.05) is 15.9 Å². The van der Waals surface area contributed by atoms with E-state index in [1.165, 1.54) is 18.2 Å². The van der Waals surface area contributed by atoms with Crippen LogP contribution in [0.4, 0.5) is 5.69 Å². The number of nitrogens with one attached hydrogen (secondary N) is 1. The van der Waals surface area contributed by atoms with Gasteiger partial charge in [0.25, 0.3) is 0 Å². The van der Waals surface area contributed by atoms with Crippen LogP contribution in [0.25, 0.3) is 0 Å². The number of esters is 1. The molecular formula is C10H10BrNO6S. The largest absolute Gasteiger partial charge is 0.478 e. The molecule has 1 aromatic rings. The number of sulfonamides is 1. The van der Waals surface area contributed by atoms with Crippen LogP contribution < -0.4 is 4.72 Å². The number of ether oxygens (including phenoxy) is 1. The molecule has 0 radical (unpaired) electrons. The van der Waals surface area contributed by atoms with Gasteiger partial charge >= 0.3 is 11.9 Å². The van der Waals surface area contributed by atoms with Crippen LogP contribution in [-0.2, 0) is 19.6 Å². The van der Waals surface area contributed by atoms with Crippen molar-refractivity contribution in [2.24, 2.45) is 0 Å². The average molecular weight is 352 g/mol. The number of hydrogen-bond donors (Lipinski definition) is 2. The molecule has 7 nitrogen and oxygen atoms in total. The van der Waals surface area contributed by atoms with Gasteiger partial charge < -0.3 is 9.84 Å². The van der Waals surface area contributed by atoms with Crippen LogP contribution in [0.1, 0.15) is 10.4 Å². The first kappa shape index (κ1) is 15.4. The van der Waals surface area contributed by atoms with E-state index in [1.54, 1.807) is 0 Å². The second-order valence-corrected chi connectivity index (χ2v) is 6.07. The monoisotopic (exact) mass is 351 g/mol. The summed E-state index contributed by atoms with van der Waals surface area (Å²) in [6.45, 7) is 0. The Morgan fingerprint density at radius 3 is 2.58 bits per heavy atom. The van der Waals surface area contributed by atoms with E-state index in [9.17, 15) is 18.0 Å². The van der Waals surface area contributed by atoms with Gasteiger partial charge in [0.15, 0.2) is 5.75 Å². The van der Waals surface area contributed by atoms with Crippen molar-refractivity contribution >= 4 is 43.6 Å². The minimum Gasteiger partial charge on any atom is -0.478 e. The van der Waals surface area contributed by atoms with Gasteiger partial charge in [0.05, 0.1) is 18.4 Å². The number of carbonyl (C=O) groups is 2. The Morgan fingerprint density at radius 2 is 2.05 bits per heavy atom. The van der Waals surface area contributed by atoms with Gasteiger partial charge in [0.2, 0.25) is 10.0 Å². The van der Waals surface area contributed by atoms with Crippen molar-refractivity contribution in [2.75, 3.05) is 17.6 Å². The number of anilines is 1. The number of carbonyl (C=O) groups excluding carboxylic acids is 1. The average Bonchev–Trinajstić information content (AvgIpc) is 2.30. The van der Waals surface area contributed by atoms with Gasteiger partial charge in [0.1, 0.15) is 0 Å². The summed E-state index contributed by atoms with van der Waals surface area (Å²) in [5.41, 5.74) is -0.359. The third-order valence-electron chi connectivity index (χ3n) is 2.01. The summed E-state index contributed by atoms with van der Waals surface area (Å²) in [4.78, 5) is 21.9. The van der Waals surface area contributed by atoms with E-state index < -0.39 is 27.7 Å². The first-order chi connectivity index (χ1) is 8.75. The van der Waals surface area contributed by atoms with Gasteiger partial charge in [-0.3, -0.25) is 9.52 Å². The molecule has 0 bridgehead atoms. The van der Waals surface area contributed by atoms with Crippen LogP contribution in [0.15, 0.2) is 22.7 Å². The third kappa shape index (κ3) is 4.52. The van der Waals surface area contributed by atoms with E-state index >= 15 is 0 Å². The molecule has 0 saturated carbocycles. The van der Waals surface area contributed by atoms with E-state index in [2.05, 4.69) is 20.7 Å². The van der Waals surface area contributed by atoms with Crippen LogP contribution in [0.3, 0.4) is 0 Å². The van der Waals surface area contributed by atoms with Crippen molar-refractivity contribution in [3.8, 4) is 0 Å². The molecule has 0 amide bonds. The van der Waals surface area contributed by atoms with E-state index in [0.29, 0.717) is 4.47 Å². The summed E-state index contributed by atoms with van der Waals surface area (Å²) in [5, 5.41) is 8.97. The quantitative estimate of drug-likeness (QED) is 0.767. The summed E-state index contributed by atoms with van der Waals surface area (Å²) in [6.07, 6.45) is 0. The topological polar surface area (TPSA) is 110 Å². The maximum Gasteiger partial charge on any atom is 0.337 e. The summed E-state index contributed by atoms with van der Waals surface area (Å²) >= 11 is 3.08. The number of rotatable bonds is 5. The molecule has 0 aliphatic heterocycles. The molecule has 19 heavy (non-hydrogen) atoms. The highest BCUT2D eigenvalue weighted by molar-refractivity contribution is 9.10. The molecule has 0 fully saturated rings. The molecule has 0 saturated heterocycles. The van der Waals surface area contributed by atoms with Gasteiger partial charge in [-0.15, -0.1) is 0 Å². The molecule has 1 aromatic carbocycles. The number of halogens is 1. The highest BCUT2D eigenvalue weighted by Gasteiger charge is 2.20. The lowest BCUT2D eigenvalue weighted by atomic mass is 10.2. The fourth-order valence-electron chi connectivity index (χ4n) is 1.20. The Morgan fingerprint density at radius 1 is 1.42 bits per heavy atom. The molecule has 0 spiro atoms. The molecule has 1 rings (SSSR count). The zero-order valence-corrected chi connectivity index (χ0v) is 12.1. The molecule has 0 aromatic heterocycles. The highest BCUT2D eigenvalue weighted by Crippen LogP contribution is 2.22. The van der Waals surface area contributed by atoms with Crippen molar-refractivity contribution in [1.29, 1.82) is 0 Å². The molecule has 9 heteroatoms. The van der Waals surface area contributed by atoms with Crippen molar-refractivity contribution in [3.05, 3.63) is 28.2 Å². The van der Waals surface area contributed by atoms with E-state index in [-0.39, 0.29) is 11.3 Å². The van der Waals surface area contributed by atoms with Crippen molar-refractivity contribution in [3.63, 3.8) is 0 Å². The minimum atomic E-state index is -4.02. The molecule has 2 N–H and O–H groups in total. The second-order valence-electron chi connectivity index (χ2n) is 3.43. The number of methoxy groups -OCH3 is 1. The maximum atomic E-state index is 11.6. The number of carboxylic acids is 1. The molecule has 0 unspecified atom stereocenters. The Labute approximate surface area is 117 Å². The van der Waals surface area contributed by atoms with Gasteiger partial charge in [-0.25, -0.2) is 13.2 Å². The third-order valence-corrected chi connectivity index (χ3v) is 3.65. The van der Waals surface area contributed by atoms with E-state index in [1.807, 2.05) is 4.72 Å². The van der Waals surface area contributed by atoms with Crippen molar-refractivity contribution < 1.29 is 27.9 Å². The van der Waals surface area contributed by atoms with Gasteiger partial charge in [-0.2, -0.15) is 0 Å². The molecule has 0 heterocycles. The lowest BCUT2D eigenvalue weighted by molar-refractivity contribution is -0.137. The molecular weight excluding hydrogens is 342 g/mol. The molecule has 0 aliphatic rings. The zero-order valence-electron chi connectivity index (χ0n) is 9.71. The smallest absolute Gasteiger partial charge is 0.337 e. The SMILES string of the molecule is COC(=O)CS(=O)(=O)Nc1ccc(Br)cc1C(=O)O. The van der Waals surface area contributed by atoms with Crippen molar-refractivity contribution in [1.82, 2.24) is 0 Å². The Kier molecular flexibility index (Phi) is 4.90. The molecule has 0 atom stereocenters. The van der Waals surface area contributed by atoms with Gasteiger partial charge in [-0.05, 0) is 18.2 Å². The lowest BCUT2D eigenvalue weighted by Crippen LogP contribution is -2.24. The van der Waals surface area contributed by atoms with E-state index in [4.69, 9.17) is 5.11 Å². The predicted molar refractivity (Wildman–Crippen MR) is 70.5 cm³/mol. The van der Waals surface area contributed by atoms with Crippen LogP contribution >= 0.6 is 15.9 Å². The number of benzene rings is 1. The van der Waals surface area contributed by atoms with Crippen LogP contribution in [0.2, 0.25) is 0 Å². The number of aromatic carboxylic acids is 1. The predicted octanol–water partition coefficient (Wildman–Crippen LogP) is 1.06.